The zero-order chi connectivity index (χ0) is 24.8. The van der Waals surface area contributed by atoms with Gasteiger partial charge in [-0.3, -0.25) is 54.5 Å². The van der Waals surface area contributed by atoms with Crippen LogP contribution < -0.4 is 0 Å². The molecule has 4 fully saturated rings. The van der Waals surface area contributed by atoms with Gasteiger partial charge < -0.3 is 29.4 Å². The molecular formula is C9H18O18P6. The van der Waals surface area contributed by atoms with Crippen LogP contribution in [0.3, 0.4) is 0 Å². The van der Waals surface area contributed by atoms with Crippen molar-refractivity contribution < 1.29 is 83.9 Å². The van der Waals surface area contributed by atoms with Crippen LogP contribution in [-0.4, -0.2) is 83.7 Å². The van der Waals surface area contributed by atoms with Gasteiger partial charge in [0.2, 0.25) is 0 Å². The van der Waals surface area contributed by atoms with Crippen LogP contribution in [0.5, 0.6) is 0 Å². The van der Waals surface area contributed by atoms with Gasteiger partial charge >= 0.3 is 45.6 Å². The molecule has 6 N–H and O–H groups in total. The third-order valence-corrected chi connectivity index (χ3v) is 16.7. The van der Waals surface area contributed by atoms with Crippen LogP contribution in [0.4, 0.5) is 0 Å². The minimum Gasteiger partial charge on any atom is -0.324 e. The standard InChI is InChI=1S/C9H18O18P6/c10-28(11)1-29(12,13)23-5-4(22-28)6-8(26-32(18,19)2-30(14,15)24-6)9-7(5)25-31(16,17)3-33(20,21)27-9/h4-9H,1-3H2,(H,10,11)(H,12,13)(H,14,15)(H,16,17)(H,18,19)(H,20,21). The molecule has 6 unspecified atom stereocenters. The van der Waals surface area contributed by atoms with Crippen molar-refractivity contribution in [3.8, 4) is 0 Å². The van der Waals surface area contributed by atoms with Crippen molar-refractivity contribution in [2.45, 2.75) is 36.6 Å². The molecule has 18 nitrogen and oxygen atoms in total. The maximum Gasteiger partial charge on any atom is 0.340 e. The molecule has 0 radical (unpaired) electrons. The summed E-state index contributed by atoms with van der Waals surface area (Å²) < 4.78 is 104. The molecule has 0 aromatic carbocycles. The number of hydrogen-bond acceptors (Lipinski definition) is 12. The zero-order valence-electron chi connectivity index (χ0n) is 15.9. The average Bonchev–Trinajstić information content (AvgIpc) is 2.74. The van der Waals surface area contributed by atoms with Gasteiger partial charge in [0.15, 0.2) is 17.7 Å². The summed E-state index contributed by atoms with van der Waals surface area (Å²) in [6.45, 7) is 0. The fourth-order valence-electron chi connectivity index (χ4n) is 3.86. The van der Waals surface area contributed by atoms with Gasteiger partial charge in [0.05, 0.1) is 0 Å². The highest BCUT2D eigenvalue weighted by Gasteiger charge is 2.66. The van der Waals surface area contributed by atoms with Crippen LogP contribution in [0.1, 0.15) is 0 Å². The summed E-state index contributed by atoms with van der Waals surface area (Å²) in [6, 6.07) is 0. The van der Waals surface area contributed by atoms with Crippen LogP contribution in [0.25, 0.3) is 0 Å². The minimum absolute atomic E-state index is 1.48. The first-order valence-corrected chi connectivity index (χ1v) is 19.3. The number of rotatable bonds is 0. The SMILES string of the molecule is O=P1(O)CP(=O)(O)OC2C(O1)C1OP(=O)(O)CP(=O)(O)OC1C1OP(=O)(O)CP(=O)(O)OC21. The van der Waals surface area contributed by atoms with E-state index in [1.807, 2.05) is 0 Å². The van der Waals surface area contributed by atoms with Gasteiger partial charge in [0.25, 0.3) is 0 Å². The van der Waals surface area contributed by atoms with Gasteiger partial charge in [-0.25, -0.2) is 0 Å². The Balaban J connectivity index is 1.92. The summed E-state index contributed by atoms with van der Waals surface area (Å²) in [6.07, 6.45) is -12.9. The molecule has 33 heavy (non-hydrogen) atoms. The summed E-state index contributed by atoms with van der Waals surface area (Å²) >= 11 is 0. The third kappa shape index (κ3) is 5.91. The highest BCUT2D eigenvalue weighted by atomic mass is 31.2. The molecule has 24 heteroatoms. The molecule has 0 bridgehead atoms. The lowest BCUT2D eigenvalue weighted by Crippen LogP contribution is -2.65. The van der Waals surface area contributed by atoms with E-state index in [9.17, 15) is 56.8 Å². The smallest absolute Gasteiger partial charge is 0.324 e. The Labute approximate surface area is 184 Å². The van der Waals surface area contributed by atoms with Crippen LogP contribution >= 0.6 is 45.6 Å². The van der Waals surface area contributed by atoms with Crippen molar-refractivity contribution in [3.63, 3.8) is 0 Å². The van der Waals surface area contributed by atoms with Gasteiger partial charge in [-0.2, -0.15) is 0 Å². The van der Waals surface area contributed by atoms with E-state index in [1.165, 1.54) is 0 Å². The molecule has 4 rings (SSSR count). The second-order valence-corrected chi connectivity index (χ2v) is 20.0. The molecule has 192 valence electrons. The van der Waals surface area contributed by atoms with Crippen LogP contribution in [-0.2, 0) is 54.5 Å². The minimum atomic E-state index is -5.02. The molecule has 0 aromatic heterocycles. The van der Waals surface area contributed by atoms with Crippen LogP contribution in [0, 0.1) is 0 Å². The zero-order valence-corrected chi connectivity index (χ0v) is 21.2. The molecular weight excluding hydrogens is 582 g/mol. The van der Waals surface area contributed by atoms with Crippen molar-refractivity contribution in [1.82, 2.24) is 0 Å². The first kappa shape index (κ1) is 26.9. The molecule has 3 aliphatic heterocycles. The summed E-state index contributed by atoms with van der Waals surface area (Å²) in [5, 5.41) is 0. The summed E-state index contributed by atoms with van der Waals surface area (Å²) in [7, 11) is -30.1. The summed E-state index contributed by atoms with van der Waals surface area (Å²) in [4.78, 5) is 59.9. The van der Waals surface area contributed by atoms with E-state index in [2.05, 4.69) is 0 Å². The van der Waals surface area contributed by atoms with Gasteiger partial charge in [-0.15, -0.1) is 0 Å². The van der Waals surface area contributed by atoms with Gasteiger partial charge in [0.1, 0.15) is 36.6 Å². The van der Waals surface area contributed by atoms with E-state index >= 15 is 0 Å². The molecule has 0 aromatic rings. The first-order chi connectivity index (χ1) is 14.7. The maximum absolute atomic E-state index is 12.4. The summed E-state index contributed by atoms with van der Waals surface area (Å²) in [5.41, 5.74) is 0. The molecule has 3 saturated heterocycles. The van der Waals surface area contributed by atoms with Gasteiger partial charge in [0, 0.05) is 0 Å². The first-order valence-electron chi connectivity index (χ1n) is 8.70. The van der Waals surface area contributed by atoms with E-state index in [-0.39, 0.29) is 0 Å². The monoisotopic (exact) mass is 600 g/mol. The van der Waals surface area contributed by atoms with Gasteiger partial charge in [-0.1, -0.05) is 0 Å². The Morgan fingerprint density at radius 3 is 0.606 bits per heavy atom. The predicted molar refractivity (Wildman–Crippen MR) is 103 cm³/mol. The van der Waals surface area contributed by atoms with E-state index in [0.29, 0.717) is 0 Å². The molecule has 6 atom stereocenters. The fourth-order valence-corrected chi connectivity index (χ4v) is 14.6. The lowest BCUT2D eigenvalue weighted by molar-refractivity contribution is -0.185. The van der Waals surface area contributed by atoms with Crippen molar-refractivity contribution in [3.05, 3.63) is 0 Å². The van der Waals surface area contributed by atoms with E-state index in [1.54, 1.807) is 0 Å². The van der Waals surface area contributed by atoms with Crippen LogP contribution in [0.2, 0.25) is 0 Å². The maximum atomic E-state index is 12.4. The highest BCUT2D eigenvalue weighted by Crippen LogP contribution is 2.71. The Kier molecular flexibility index (Phi) is 6.70. The quantitative estimate of drug-likeness (QED) is 0.204. The molecule has 0 amide bonds. The average molecular weight is 600 g/mol. The highest BCUT2D eigenvalue weighted by molar-refractivity contribution is 7.71. The molecule has 4 aliphatic rings. The van der Waals surface area contributed by atoms with Crippen molar-refractivity contribution in [2.24, 2.45) is 0 Å². The Morgan fingerprint density at radius 1 is 0.364 bits per heavy atom. The largest absolute Gasteiger partial charge is 0.340 e. The summed E-state index contributed by atoms with van der Waals surface area (Å²) in [5.74, 6) is -4.43. The second kappa shape index (κ2) is 8.20. The molecule has 3 heterocycles. The van der Waals surface area contributed by atoms with Crippen molar-refractivity contribution in [2.75, 3.05) is 17.7 Å². The number of hydrogen-bond donors (Lipinski definition) is 6. The van der Waals surface area contributed by atoms with Crippen molar-refractivity contribution >= 4 is 45.6 Å². The van der Waals surface area contributed by atoms with Crippen molar-refractivity contribution in [1.29, 1.82) is 0 Å². The topological polar surface area (TPSA) is 279 Å². The molecule has 1 aliphatic carbocycles. The Hall–Kier alpha value is 0.900. The van der Waals surface area contributed by atoms with E-state index < -0.39 is 99.9 Å². The predicted octanol–water partition coefficient (Wildman–Crippen LogP) is 0.337. The van der Waals surface area contributed by atoms with E-state index in [4.69, 9.17) is 27.1 Å². The van der Waals surface area contributed by atoms with Crippen LogP contribution in [0.15, 0.2) is 0 Å². The van der Waals surface area contributed by atoms with Gasteiger partial charge in [-0.05, 0) is 0 Å². The normalized spacial score (nSPS) is 62.0. The second-order valence-electron chi connectivity index (χ2n) is 7.67. The third-order valence-electron chi connectivity index (χ3n) is 4.73. The lowest BCUT2D eigenvalue weighted by Gasteiger charge is -2.46. The Bertz CT molecular complexity index is 899. The Morgan fingerprint density at radius 2 is 0.485 bits per heavy atom. The molecule has 0 spiro atoms. The fraction of sp³-hybridized carbons (Fsp3) is 1.00. The van der Waals surface area contributed by atoms with E-state index in [0.717, 1.165) is 0 Å². The molecule has 1 saturated carbocycles. The number of fused-ring (bicyclic) bond motifs is 6. The lowest BCUT2D eigenvalue weighted by atomic mass is 9.85.